The van der Waals surface area contributed by atoms with Gasteiger partial charge in [0.2, 0.25) is 10.0 Å². The molecule has 0 aromatic heterocycles. The maximum Gasteiger partial charge on any atom is 0.213 e. The third kappa shape index (κ3) is 10.9. The summed E-state index contributed by atoms with van der Waals surface area (Å²) in [5, 5.41) is 15.3. The van der Waals surface area contributed by atoms with E-state index in [9.17, 15) is 8.42 Å². The van der Waals surface area contributed by atoms with E-state index in [1.165, 1.54) is 0 Å². The van der Waals surface area contributed by atoms with Crippen molar-refractivity contribution in [1.29, 1.82) is 0 Å². The Balaban J connectivity index is 2.46. The predicted octanol–water partition coefficient (Wildman–Crippen LogP) is 1.46. The van der Waals surface area contributed by atoms with Gasteiger partial charge in [-0.3, -0.25) is 4.99 Å². The van der Waals surface area contributed by atoms with Crippen LogP contribution in [-0.4, -0.2) is 51.5 Å². The van der Waals surface area contributed by atoms with Crippen molar-refractivity contribution in [2.45, 2.75) is 39.7 Å². The van der Waals surface area contributed by atoms with E-state index in [0.717, 1.165) is 24.8 Å². The molecule has 0 aliphatic carbocycles. The molecule has 0 saturated heterocycles. The maximum atomic E-state index is 12.1. The first-order valence-corrected chi connectivity index (χ1v) is 11.3. The lowest BCUT2D eigenvalue weighted by molar-refractivity contribution is 0.253. The van der Waals surface area contributed by atoms with Gasteiger partial charge in [-0.25, -0.2) is 13.1 Å². The third-order valence-electron chi connectivity index (χ3n) is 4.09. The highest BCUT2D eigenvalue weighted by molar-refractivity contribution is 7.89. The molecular weight excluding hydrogens is 364 g/mol. The van der Waals surface area contributed by atoms with E-state index in [0.29, 0.717) is 25.0 Å². The van der Waals surface area contributed by atoms with Crippen LogP contribution in [0.1, 0.15) is 38.7 Å². The highest BCUT2D eigenvalue weighted by Crippen LogP contribution is 2.10. The Bertz CT molecular complexity index is 630. The van der Waals surface area contributed by atoms with Gasteiger partial charge in [-0.2, -0.15) is 0 Å². The zero-order valence-corrected chi connectivity index (χ0v) is 17.3. The number of hydrogen-bond donors (Lipinski definition) is 4. The van der Waals surface area contributed by atoms with E-state index in [-0.39, 0.29) is 25.4 Å². The molecule has 8 heteroatoms. The van der Waals surface area contributed by atoms with Crippen molar-refractivity contribution in [1.82, 2.24) is 15.4 Å². The summed E-state index contributed by atoms with van der Waals surface area (Å²) in [5.74, 6) is 0.917. The number of rotatable bonds is 13. The second-order valence-electron chi connectivity index (χ2n) is 6.44. The van der Waals surface area contributed by atoms with Crippen LogP contribution in [0.25, 0.3) is 0 Å². The van der Waals surface area contributed by atoms with Gasteiger partial charge in [-0.05, 0) is 31.2 Å². The Kier molecular flexibility index (Phi) is 11.7. The molecule has 0 saturated carbocycles. The van der Waals surface area contributed by atoms with Crippen LogP contribution in [0, 0.1) is 5.92 Å². The van der Waals surface area contributed by atoms with Crippen LogP contribution < -0.4 is 15.4 Å². The van der Waals surface area contributed by atoms with Gasteiger partial charge in [0.05, 0.1) is 5.75 Å². The van der Waals surface area contributed by atoms with E-state index < -0.39 is 10.0 Å². The first-order valence-electron chi connectivity index (χ1n) is 9.65. The molecule has 1 rings (SSSR count). The Hall–Kier alpha value is -1.64. The van der Waals surface area contributed by atoms with Crippen LogP contribution in [0.4, 0.5) is 0 Å². The molecule has 1 aromatic carbocycles. The second-order valence-corrected chi connectivity index (χ2v) is 8.37. The van der Waals surface area contributed by atoms with Crippen LogP contribution >= 0.6 is 0 Å². The van der Waals surface area contributed by atoms with E-state index >= 15 is 0 Å². The van der Waals surface area contributed by atoms with Crippen LogP contribution in [0.5, 0.6) is 0 Å². The summed E-state index contributed by atoms with van der Waals surface area (Å²) in [6.07, 6.45) is 2.80. The van der Waals surface area contributed by atoms with Crippen LogP contribution in [0.2, 0.25) is 0 Å². The zero-order valence-electron chi connectivity index (χ0n) is 16.4. The summed E-state index contributed by atoms with van der Waals surface area (Å²) in [6.45, 7) is 6.12. The average molecular weight is 399 g/mol. The van der Waals surface area contributed by atoms with Crippen molar-refractivity contribution in [3.8, 4) is 0 Å². The SMILES string of the molecule is CCCC(CCO)CN=C(NCC)NCCS(=O)(=O)NCc1ccccc1. The minimum absolute atomic E-state index is 0.0285. The molecule has 0 bridgehead atoms. The number of nitrogens with zero attached hydrogens (tertiary/aromatic N) is 1. The zero-order chi connectivity index (χ0) is 20.0. The lowest BCUT2D eigenvalue weighted by atomic mass is 10.0. The highest BCUT2D eigenvalue weighted by atomic mass is 32.2. The van der Waals surface area contributed by atoms with Crippen LogP contribution in [0.3, 0.4) is 0 Å². The van der Waals surface area contributed by atoms with Gasteiger partial charge >= 0.3 is 0 Å². The summed E-state index contributed by atoms with van der Waals surface area (Å²) in [5.41, 5.74) is 0.926. The van der Waals surface area contributed by atoms with Gasteiger partial charge in [0.15, 0.2) is 5.96 Å². The van der Waals surface area contributed by atoms with Crippen LogP contribution in [0.15, 0.2) is 35.3 Å². The minimum atomic E-state index is -3.37. The number of hydrogen-bond acceptors (Lipinski definition) is 4. The van der Waals surface area contributed by atoms with Gasteiger partial charge in [0.1, 0.15) is 0 Å². The normalized spacial score (nSPS) is 13.4. The molecule has 0 spiro atoms. The first kappa shape index (κ1) is 23.4. The van der Waals surface area contributed by atoms with E-state index in [2.05, 4.69) is 27.3 Å². The number of aliphatic imine (C=N–C) groups is 1. The molecule has 0 amide bonds. The predicted molar refractivity (Wildman–Crippen MR) is 111 cm³/mol. The lowest BCUT2D eigenvalue weighted by Crippen LogP contribution is -2.41. The number of aliphatic hydroxyl groups excluding tert-OH is 1. The molecule has 1 unspecified atom stereocenters. The minimum Gasteiger partial charge on any atom is -0.396 e. The van der Waals surface area contributed by atoms with Crippen molar-refractivity contribution < 1.29 is 13.5 Å². The highest BCUT2D eigenvalue weighted by Gasteiger charge is 2.11. The molecule has 4 N–H and O–H groups in total. The van der Waals surface area contributed by atoms with Gasteiger partial charge < -0.3 is 15.7 Å². The molecule has 0 heterocycles. The molecule has 1 atom stereocenters. The lowest BCUT2D eigenvalue weighted by Gasteiger charge is -2.15. The third-order valence-corrected chi connectivity index (χ3v) is 5.41. The number of sulfonamides is 1. The van der Waals surface area contributed by atoms with Gasteiger partial charge in [-0.1, -0.05) is 43.7 Å². The molecule has 154 valence electrons. The first-order chi connectivity index (χ1) is 13.0. The van der Waals surface area contributed by atoms with Crippen molar-refractivity contribution in [3.63, 3.8) is 0 Å². The summed E-state index contributed by atoms with van der Waals surface area (Å²) in [7, 11) is -3.37. The largest absolute Gasteiger partial charge is 0.396 e. The fourth-order valence-electron chi connectivity index (χ4n) is 2.64. The number of aliphatic hydroxyl groups is 1. The molecule has 0 aliphatic heterocycles. The topological polar surface area (TPSA) is 103 Å². The standard InChI is InChI=1S/C19H34N4O3S/c1-3-8-17(11-13-24)15-22-19(20-4-2)21-12-14-27(25,26)23-16-18-9-6-5-7-10-18/h5-7,9-10,17,23-24H,3-4,8,11-16H2,1-2H3,(H2,20,21,22). The number of nitrogens with one attached hydrogen (secondary N) is 3. The molecule has 1 aromatic rings. The Morgan fingerprint density at radius 3 is 2.52 bits per heavy atom. The maximum absolute atomic E-state index is 12.1. The van der Waals surface area contributed by atoms with E-state index in [1.807, 2.05) is 37.3 Å². The van der Waals surface area contributed by atoms with Crippen LogP contribution in [-0.2, 0) is 16.6 Å². The quantitative estimate of drug-likeness (QED) is 0.298. The number of benzene rings is 1. The summed E-state index contributed by atoms with van der Waals surface area (Å²) in [4.78, 5) is 4.53. The Morgan fingerprint density at radius 1 is 1.15 bits per heavy atom. The fraction of sp³-hybridized carbons (Fsp3) is 0.632. The van der Waals surface area contributed by atoms with Gasteiger partial charge in [-0.15, -0.1) is 0 Å². The van der Waals surface area contributed by atoms with E-state index in [4.69, 9.17) is 5.11 Å². The second kappa shape index (κ2) is 13.5. The van der Waals surface area contributed by atoms with Crippen molar-refractivity contribution >= 4 is 16.0 Å². The molecule has 0 radical (unpaired) electrons. The molecule has 0 fully saturated rings. The monoisotopic (exact) mass is 398 g/mol. The smallest absolute Gasteiger partial charge is 0.213 e. The summed E-state index contributed by atoms with van der Waals surface area (Å²) >= 11 is 0. The molecule has 27 heavy (non-hydrogen) atoms. The molecule has 7 nitrogen and oxygen atoms in total. The van der Waals surface area contributed by atoms with E-state index in [1.54, 1.807) is 0 Å². The van der Waals surface area contributed by atoms with Crippen molar-refractivity contribution in [3.05, 3.63) is 35.9 Å². The Morgan fingerprint density at radius 2 is 1.89 bits per heavy atom. The summed E-state index contributed by atoms with van der Waals surface area (Å²) < 4.78 is 26.9. The molecule has 0 aliphatic rings. The van der Waals surface area contributed by atoms with Gasteiger partial charge in [0, 0.05) is 32.8 Å². The number of guanidine groups is 1. The van der Waals surface area contributed by atoms with Crippen molar-refractivity contribution in [2.24, 2.45) is 10.9 Å². The van der Waals surface area contributed by atoms with Gasteiger partial charge in [0.25, 0.3) is 0 Å². The van der Waals surface area contributed by atoms with Crippen molar-refractivity contribution in [2.75, 3.05) is 32.0 Å². The Labute approximate surface area is 163 Å². The average Bonchev–Trinajstić information content (AvgIpc) is 2.65. The summed E-state index contributed by atoms with van der Waals surface area (Å²) in [6, 6.07) is 9.43. The fourth-order valence-corrected chi connectivity index (χ4v) is 3.55. The molecular formula is C19H34N4O3S.